The Morgan fingerprint density at radius 3 is 2.44 bits per heavy atom. The van der Waals surface area contributed by atoms with Crippen LogP contribution < -0.4 is 10.6 Å². The van der Waals surface area contributed by atoms with Crippen molar-refractivity contribution in [2.24, 2.45) is 11.3 Å². The van der Waals surface area contributed by atoms with Crippen molar-refractivity contribution in [3.05, 3.63) is 0 Å². The number of carboxylic acid groups (broad SMARTS) is 1. The Hall–Kier alpha value is -1.26. The number of amides is 2. The third kappa shape index (κ3) is 3.72. The molecule has 0 saturated heterocycles. The van der Waals surface area contributed by atoms with E-state index in [0.29, 0.717) is 5.92 Å². The van der Waals surface area contributed by atoms with Crippen molar-refractivity contribution in [1.29, 1.82) is 0 Å². The van der Waals surface area contributed by atoms with Gasteiger partial charge < -0.3 is 15.7 Å². The summed E-state index contributed by atoms with van der Waals surface area (Å²) in [5, 5.41) is 14.3. The zero-order valence-electron chi connectivity index (χ0n) is 10.0. The van der Waals surface area contributed by atoms with Crippen molar-refractivity contribution < 1.29 is 14.7 Å². The second-order valence-electron chi connectivity index (χ2n) is 5.14. The maximum Gasteiger partial charge on any atom is 0.315 e. The van der Waals surface area contributed by atoms with Crippen molar-refractivity contribution in [3.8, 4) is 0 Å². The van der Waals surface area contributed by atoms with Crippen LogP contribution in [0.4, 0.5) is 4.79 Å². The van der Waals surface area contributed by atoms with Gasteiger partial charge >= 0.3 is 12.0 Å². The summed E-state index contributed by atoms with van der Waals surface area (Å²) >= 11 is 0. The molecule has 0 aliphatic heterocycles. The SMILES string of the molecule is CC(NC(=O)NCC(C)(C)C(=O)O)C1CC1. The van der Waals surface area contributed by atoms with Crippen molar-refractivity contribution in [1.82, 2.24) is 10.6 Å². The maximum atomic E-state index is 11.4. The first-order valence-electron chi connectivity index (χ1n) is 5.60. The lowest BCUT2D eigenvalue weighted by molar-refractivity contribution is -0.146. The van der Waals surface area contributed by atoms with Gasteiger partial charge in [0.15, 0.2) is 0 Å². The Balaban J connectivity index is 2.26. The number of carbonyl (C=O) groups is 2. The van der Waals surface area contributed by atoms with Gasteiger partial charge in [0.05, 0.1) is 5.41 Å². The second-order valence-corrected chi connectivity index (χ2v) is 5.14. The Kier molecular flexibility index (Phi) is 3.78. The summed E-state index contributed by atoms with van der Waals surface area (Å²) in [6, 6.07) is -0.110. The van der Waals surface area contributed by atoms with E-state index in [0.717, 1.165) is 0 Å². The van der Waals surface area contributed by atoms with Crippen LogP contribution in [0.2, 0.25) is 0 Å². The van der Waals surface area contributed by atoms with Crippen LogP contribution in [0.3, 0.4) is 0 Å². The molecule has 5 heteroatoms. The van der Waals surface area contributed by atoms with E-state index in [9.17, 15) is 9.59 Å². The Labute approximate surface area is 95.6 Å². The lowest BCUT2D eigenvalue weighted by atomic mass is 9.94. The summed E-state index contributed by atoms with van der Waals surface area (Å²) in [6.45, 7) is 5.27. The average Bonchev–Trinajstić information content (AvgIpc) is 2.97. The molecule has 92 valence electrons. The molecule has 1 rings (SSSR count). The number of nitrogens with one attached hydrogen (secondary N) is 2. The fourth-order valence-electron chi connectivity index (χ4n) is 1.35. The van der Waals surface area contributed by atoms with E-state index in [2.05, 4.69) is 10.6 Å². The van der Waals surface area contributed by atoms with Crippen LogP contribution in [0.5, 0.6) is 0 Å². The van der Waals surface area contributed by atoms with Crippen LogP contribution >= 0.6 is 0 Å². The van der Waals surface area contributed by atoms with Gasteiger partial charge in [-0.1, -0.05) is 0 Å². The zero-order valence-corrected chi connectivity index (χ0v) is 10.0. The monoisotopic (exact) mass is 228 g/mol. The molecule has 1 aliphatic rings. The van der Waals surface area contributed by atoms with Gasteiger partial charge in [-0.15, -0.1) is 0 Å². The quantitative estimate of drug-likeness (QED) is 0.661. The molecule has 16 heavy (non-hydrogen) atoms. The van der Waals surface area contributed by atoms with E-state index < -0.39 is 11.4 Å². The summed E-state index contributed by atoms with van der Waals surface area (Å²) < 4.78 is 0. The Morgan fingerprint density at radius 1 is 1.44 bits per heavy atom. The number of hydrogen-bond acceptors (Lipinski definition) is 2. The summed E-state index contributed by atoms with van der Waals surface area (Å²) in [6.07, 6.45) is 2.34. The molecule has 1 fully saturated rings. The minimum Gasteiger partial charge on any atom is -0.481 e. The lowest BCUT2D eigenvalue weighted by Gasteiger charge is -2.21. The first-order valence-corrected chi connectivity index (χ1v) is 5.60. The van der Waals surface area contributed by atoms with E-state index in [1.165, 1.54) is 12.8 Å². The predicted octanol–water partition coefficient (Wildman–Crippen LogP) is 1.19. The molecular formula is C11H20N2O3. The summed E-state index contributed by atoms with van der Waals surface area (Å²) in [4.78, 5) is 22.2. The molecule has 3 N–H and O–H groups in total. The van der Waals surface area contributed by atoms with Gasteiger partial charge in [0, 0.05) is 12.6 Å². The van der Waals surface area contributed by atoms with Gasteiger partial charge in [0.1, 0.15) is 0 Å². The molecule has 1 saturated carbocycles. The van der Waals surface area contributed by atoms with Gasteiger partial charge in [0.2, 0.25) is 0 Å². The van der Waals surface area contributed by atoms with Crippen LogP contribution in [0, 0.1) is 11.3 Å². The molecule has 0 aromatic heterocycles. The topological polar surface area (TPSA) is 78.4 Å². The van der Waals surface area contributed by atoms with Gasteiger partial charge in [-0.2, -0.15) is 0 Å². The van der Waals surface area contributed by atoms with Crippen molar-refractivity contribution >= 4 is 12.0 Å². The zero-order chi connectivity index (χ0) is 12.3. The molecule has 1 atom stereocenters. The summed E-state index contributed by atoms with van der Waals surface area (Å²) in [5.41, 5.74) is -0.930. The minimum absolute atomic E-state index is 0.131. The van der Waals surface area contributed by atoms with Gasteiger partial charge in [0.25, 0.3) is 0 Å². The van der Waals surface area contributed by atoms with E-state index in [4.69, 9.17) is 5.11 Å². The predicted molar refractivity (Wildman–Crippen MR) is 60.1 cm³/mol. The molecule has 0 heterocycles. The van der Waals surface area contributed by atoms with E-state index in [-0.39, 0.29) is 18.6 Å². The van der Waals surface area contributed by atoms with Crippen LogP contribution in [-0.4, -0.2) is 29.7 Å². The van der Waals surface area contributed by atoms with Crippen molar-refractivity contribution in [2.45, 2.75) is 39.7 Å². The third-order valence-corrected chi connectivity index (χ3v) is 2.96. The van der Waals surface area contributed by atoms with Crippen LogP contribution in [-0.2, 0) is 4.79 Å². The molecular weight excluding hydrogens is 208 g/mol. The van der Waals surface area contributed by atoms with E-state index >= 15 is 0 Å². The van der Waals surface area contributed by atoms with E-state index in [1.807, 2.05) is 6.92 Å². The second kappa shape index (κ2) is 4.72. The van der Waals surface area contributed by atoms with Crippen LogP contribution in [0.1, 0.15) is 33.6 Å². The van der Waals surface area contributed by atoms with Gasteiger partial charge in [-0.3, -0.25) is 4.79 Å². The third-order valence-electron chi connectivity index (χ3n) is 2.96. The average molecular weight is 228 g/mol. The minimum atomic E-state index is -0.930. The molecule has 0 bridgehead atoms. The highest BCUT2D eigenvalue weighted by Crippen LogP contribution is 2.32. The number of hydrogen-bond donors (Lipinski definition) is 3. The normalized spacial score (nSPS) is 17.7. The first-order chi connectivity index (χ1) is 7.33. The summed E-state index contributed by atoms with van der Waals surface area (Å²) in [7, 11) is 0. The van der Waals surface area contributed by atoms with Crippen molar-refractivity contribution in [3.63, 3.8) is 0 Å². The molecule has 0 aromatic rings. The largest absolute Gasteiger partial charge is 0.481 e. The number of aliphatic carboxylic acids is 1. The number of urea groups is 1. The molecule has 5 nitrogen and oxygen atoms in total. The standard InChI is InChI=1S/C11H20N2O3/c1-7(8-4-5-8)13-10(16)12-6-11(2,3)9(14)15/h7-8H,4-6H2,1-3H3,(H,14,15)(H2,12,13,16). The number of carboxylic acids is 1. The summed E-state index contributed by atoms with van der Waals surface area (Å²) in [5.74, 6) is -0.318. The molecule has 1 unspecified atom stereocenters. The highest BCUT2D eigenvalue weighted by atomic mass is 16.4. The molecule has 0 radical (unpaired) electrons. The number of carbonyl (C=O) groups excluding carboxylic acids is 1. The van der Waals surface area contributed by atoms with Gasteiger partial charge in [-0.05, 0) is 39.5 Å². The highest BCUT2D eigenvalue weighted by Gasteiger charge is 2.30. The Bertz CT molecular complexity index is 285. The highest BCUT2D eigenvalue weighted by molar-refractivity contribution is 5.77. The molecule has 1 aliphatic carbocycles. The smallest absolute Gasteiger partial charge is 0.315 e. The molecule has 2 amide bonds. The molecule has 0 spiro atoms. The fourth-order valence-corrected chi connectivity index (χ4v) is 1.35. The van der Waals surface area contributed by atoms with Crippen LogP contribution in [0.15, 0.2) is 0 Å². The van der Waals surface area contributed by atoms with Gasteiger partial charge in [-0.25, -0.2) is 4.79 Å². The number of rotatable bonds is 5. The first kappa shape index (κ1) is 12.8. The van der Waals surface area contributed by atoms with E-state index in [1.54, 1.807) is 13.8 Å². The van der Waals surface area contributed by atoms with Crippen molar-refractivity contribution in [2.75, 3.05) is 6.54 Å². The Morgan fingerprint density at radius 2 is 2.00 bits per heavy atom. The molecule has 0 aromatic carbocycles. The fraction of sp³-hybridized carbons (Fsp3) is 0.818. The van der Waals surface area contributed by atoms with Crippen LogP contribution in [0.25, 0.3) is 0 Å². The lowest BCUT2D eigenvalue weighted by Crippen LogP contribution is -2.46. The maximum absolute atomic E-state index is 11.4.